The molecule has 2 aromatic rings. The molecule has 1 aliphatic rings. The molecule has 0 unspecified atom stereocenters. The van der Waals surface area contributed by atoms with Crippen molar-refractivity contribution in [3.63, 3.8) is 0 Å². The number of fused-ring (bicyclic) bond motifs is 1. The summed E-state index contributed by atoms with van der Waals surface area (Å²) in [7, 11) is 3.53. The van der Waals surface area contributed by atoms with Gasteiger partial charge in [-0.05, 0) is 24.3 Å². The summed E-state index contributed by atoms with van der Waals surface area (Å²) in [5.74, 6) is 1.89. The Bertz CT molecular complexity index is 648. The quantitative estimate of drug-likeness (QED) is 0.903. The maximum atomic E-state index is 11.7. The van der Waals surface area contributed by atoms with Gasteiger partial charge in [0.05, 0.1) is 5.39 Å². The van der Waals surface area contributed by atoms with E-state index in [0.717, 1.165) is 42.0 Å². The van der Waals surface area contributed by atoms with Crippen molar-refractivity contribution in [3.05, 3.63) is 11.4 Å². The number of nitrogens with zero attached hydrogens (tertiary/aromatic N) is 3. The Morgan fingerprint density at radius 1 is 1.33 bits per heavy atom. The molecule has 112 valence electrons. The van der Waals surface area contributed by atoms with E-state index in [4.69, 9.17) is 0 Å². The summed E-state index contributed by atoms with van der Waals surface area (Å²) in [6, 6.07) is 2.07. The summed E-state index contributed by atoms with van der Waals surface area (Å²) < 4.78 is 0. The predicted octanol–water partition coefficient (Wildman–Crippen LogP) is 1.70. The standard InChI is InChI=1S/C14H19N5OS/c1-15-12(20)9-3-6-19(7-4-9)11-10-5-8-21-13(10)18-14(16-2)17-11/h5,8-9H,3-4,6-7H2,1-2H3,(H,15,20)(H,16,17,18). The molecule has 0 aromatic carbocycles. The van der Waals surface area contributed by atoms with Crippen LogP contribution in [0.3, 0.4) is 0 Å². The van der Waals surface area contributed by atoms with E-state index >= 15 is 0 Å². The van der Waals surface area contributed by atoms with Gasteiger partial charge >= 0.3 is 0 Å². The van der Waals surface area contributed by atoms with Crippen molar-refractivity contribution in [1.29, 1.82) is 0 Å². The van der Waals surface area contributed by atoms with Gasteiger partial charge in [-0.15, -0.1) is 11.3 Å². The Morgan fingerprint density at radius 2 is 2.10 bits per heavy atom. The molecule has 0 saturated carbocycles. The molecule has 0 spiro atoms. The second-order valence-electron chi connectivity index (χ2n) is 5.14. The van der Waals surface area contributed by atoms with Crippen LogP contribution in [0.15, 0.2) is 11.4 Å². The third-order valence-electron chi connectivity index (χ3n) is 3.94. The molecule has 21 heavy (non-hydrogen) atoms. The lowest BCUT2D eigenvalue weighted by atomic mass is 9.96. The fourth-order valence-corrected chi connectivity index (χ4v) is 3.51. The van der Waals surface area contributed by atoms with Gasteiger partial charge in [0.25, 0.3) is 0 Å². The Labute approximate surface area is 127 Å². The second-order valence-corrected chi connectivity index (χ2v) is 6.03. The van der Waals surface area contributed by atoms with Crippen LogP contribution in [-0.4, -0.2) is 43.1 Å². The molecule has 3 heterocycles. The van der Waals surface area contributed by atoms with Gasteiger partial charge < -0.3 is 15.5 Å². The SMILES string of the molecule is CNC(=O)C1CCN(c2nc(NC)nc3sccc23)CC1. The number of hydrogen-bond donors (Lipinski definition) is 2. The van der Waals surface area contributed by atoms with E-state index < -0.39 is 0 Å². The Morgan fingerprint density at radius 3 is 2.76 bits per heavy atom. The zero-order valence-electron chi connectivity index (χ0n) is 12.2. The van der Waals surface area contributed by atoms with Gasteiger partial charge in [-0.2, -0.15) is 4.98 Å². The van der Waals surface area contributed by atoms with Crippen molar-refractivity contribution in [2.75, 3.05) is 37.4 Å². The first kappa shape index (κ1) is 14.1. The second kappa shape index (κ2) is 5.85. The first-order valence-corrected chi connectivity index (χ1v) is 8.00. The summed E-state index contributed by atoms with van der Waals surface area (Å²) in [6.07, 6.45) is 1.73. The largest absolute Gasteiger partial charge is 0.359 e. The molecule has 2 aromatic heterocycles. The van der Waals surface area contributed by atoms with Crippen LogP contribution in [0, 0.1) is 5.92 Å². The monoisotopic (exact) mass is 305 g/mol. The molecule has 6 nitrogen and oxygen atoms in total. The lowest BCUT2D eigenvalue weighted by molar-refractivity contribution is -0.125. The minimum Gasteiger partial charge on any atom is -0.359 e. The van der Waals surface area contributed by atoms with Crippen molar-refractivity contribution in [2.45, 2.75) is 12.8 Å². The third kappa shape index (κ3) is 2.65. The molecule has 7 heteroatoms. The number of hydrogen-bond acceptors (Lipinski definition) is 6. The average molecular weight is 305 g/mol. The lowest BCUT2D eigenvalue weighted by Gasteiger charge is -2.32. The number of rotatable bonds is 3. The number of carbonyl (C=O) groups is 1. The van der Waals surface area contributed by atoms with Gasteiger partial charge in [0.15, 0.2) is 0 Å². The van der Waals surface area contributed by atoms with Gasteiger partial charge in [-0.25, -0.2) is 4.98 Å². The van der Waals surface area contributed by atoms with Crippen molar-refractivity contribution < 1.29 is 4.79 Å². The van der Waals surface area contributed by atoms with Crippen LogP contribution >= 0.6 is 11.3 Å². The molecular weight excluding hydrogens is 286 g/mol. The molecule has 1 fully saturated rings. The average Bonchev–Trinajstić information content (AvgIpc) is 3.01. The Balaban J connectivity index is 1.85. The van der Waals surface area contributed by atoms with E-state index in [9.17, 15) is 4.79 Å². The Kier molecular flexibility index (Phi) is 3.92. The molecule has 1 aliphatic heterocycles. The zero-order valence-corrected chi connectivity index (χ0v) is 13.0. The summed E-state index contributed by atoms with van der Waals surface area (Å²) in [6.45, 7) is 1.70. The van der Waals surface area contributed by atoms with Gasteiger partial charge in [-0.1, -0.05) is 0 Å². The molecule has 3 rings (SSSR count). The maximum absolute atomic E-state index is 11.7. The highest BCUT2D eigenvalue weighted by Crippen LogP contribution is 2.31. The van der Waals surface area contributed by atoms with Gasteiger partial charge in [0.2, 0.25) is 11.9 Å². The van der Waals surface area contributed by atoms with Crippen LogP contribution in [0.25, 0.3) is 10.2 Å². The first-order valence-electron chi connectivity index (χ1n) is 7.12. The number of anilines is 2. The maximum Gasteiger partial charge on any atom is 0.225 e. The number of thiophene rings is 1. The molecule has 0 aliphatic carbocycles. The van der Waals surface area contributed by atoms with Crippen molar-refractivity contribution in [3.8, 4) is 0 Å². The first-order chi connectivity index (χ1) is 10.2. The zero-order chi connectivity index (χ0) is 14.8. The molecule has 1 amide bonds. The van der Waals surface area contributed by atoms with Crippen molar-refractivity contribution in [1.82, 2.24) is 15.3 Å². The third-order valence-corrected chi connectivity index (χ3v) is 4.75. The van der Waals surface area contributed by atoms with Crippen LogP contribution in [0.5, 0.6) is 0 Å². The highest BCUT2D eigenvalue weighted by atomic mass is 32.1. The number of carbonyl (C=O) groups excluding carboxylic acids is 1. The molecule has 0 bridgehead atoms. The van der Waals surface area contributed by atoms with Crippen molar-refractivity contribution in [2.24, 2.45) is 5.92 Å². The van der Waals surface area contributed by atoms with E-state index in [-0.39, 0.29) is 11.8 Å². The summed E-state index contributed by atoms with van der Waals surface area (Å²) in [5.41, 5.74) is 0. The van der Waals surface area contributed by atoms with Crippen LogP contribution in [0.2, 0.25) is 0 Å². The minimum atomic E-state index is 0.120. The highest BCUT2D eigenvalue weighted by molar-refractivity contribution is 7.16. The lowest BCUT2D eigenvalue weighted by Crippen LogP contribution is -2.40. The molecule has 1 saturated heterocycles. The number of nitrogens with one attached hydrogen (secondary N) is 2. The van der Waals surface area contributed by atoms with Crippen LogP contribution in [-0.2, 0) is 4.79 Å². The van der Waals surface area contributed by atoms with E-state index in [0.29, 0.717) is 5.95 Å². The van der Waals surface area contributed by atoms with Crippen LogP contribution in [0.4, 0.5) is 11.8 Å². The van der Waals surface area contributed by atoms with E-state index in [2.05, 4.69) is 31.6 Å². The predicted molar refractivity (Wildman–Crippen MR) is 86.0 cm³/mol. The number of piperidine rings is 1. The van der Waals surface area contributed by atoms with E-state index in [1.54, 1.807) is 18.4 Å². The van der Waals surface area contributed by atoms with Gasteiger partial charge in [0, 0.05) is 33.1 Å². The smallest absolute Gasteiger partial charge is 0.225 e. The van der Waals surface area contributed by atoms with Gasteiger partial charge in [-0.3, -0.25) is 4.79 Å². The molecular formula is C14H19N5OS. The minimum absolute atomic E-state index is 0.120. The molecule has 0 atom stereocenters. The fraction of sp³-hybridized carbons (Fsp3) is 0.500. The fourth-order valence-electron chi connectivity index (χ4n) is 2.75. The van der Waals surface area contributed by atoms with Gasteiger partial charge in [0.1, 0.15) is 10.6 Å². The van der Waals surface area contributed by atoms with Crippen LogP contribution in [0.1, 0.15) is 12.8 Å². The summed E-state index contributed by atoms with van der Waals surface area (Å²) in [5, 5.41) is 8.90. The normalized spacial score (nSPS) is 16.2. The summed E-state index contributed by atoms with van der Waals surface area (Å²) >= 11 is 1.62. The van der Waals surface area contributed by atoms with E-state index in [1.807, 2.05) is 12.4 Å². The Hall–Kier alpha value is -1.89. The molecule has 0 radical (unpaired) electrons. The van der Waals surface area contributed by atoms with E-state index in [1.165, 1.54) is 0 Å². The number of amides is 1. The van der Waals surface area contributed by atoms with Crippen molar-refractivity contribution >= 4 is 39.2 Å². The summed E-state index contributed by atoms with van der Waals surface area (Å²) in [4.78, 5) is 24.1. The van der Waals surface area contributed by atoms with Crippen LogP contribution < -0.4 is 15.5 Å². The topological polar surface area (TPSA) is 70.2 Å². The number of aromatic nitrogens is 2. The highest BCUT2D eigenvalue weighted by Gasteiger charge is 2.26. The molecule has 2 N–H and O–H groups in total.